The first-order chi connectivity index (χ1) is 14.1. The van der Waals surface area contributed by atoms with Crippen LogP contribution in [0.5, 0.6) is 0 Å². The summed E-state index contributed by atoms with van der Waals surface area (Å²) < 4.78 is 1.47. The molecule has 1 saturated carbocycles. The van der Waals surface area contributed by atoms with Gasteiger partial charge in [0.1, 0.15) is 0 Å². The number of fused-ring (bicyclic) bond motifs is 1. The lowest BCUT2D eigenvalue weighted by Crippen LogP contribution is -2.49. The summed E-state index contributed by atoms with van der Waals surface area (Å²) in [6.07, 6.45) is 6.31. The first-order valence-electron chi connectivity index (χ1n) is 10.5. The van der Waals surface area contributed by atoms with E-state index in [1.807, 2.05) is 49.4 Å². The van der Waals surface area contributed by atoms with Crippen molar-refractivity contribution in [2.75, 3.05) is 0 Å². The number of nitrogens with zero attached hydrogens (tertiary/aromatic N) is 2. The lowest BCUT2D eigenvalue weighted by Gasteiger charge is -2.30. The van der Waals surface area contributed by atoms with Crippen molar-refractivity contribution < 1.29 is 4.79 Å². The van der Waals surface area contributed by atoms with Gasteiger partial charge in [0.05, 0.1) is 23.5 Å². The monoisotopic (exact) mass is 389 g/mol. The fourth-order valence-corrected chi connectivity index (χ4v) is 4.45. The van der Waals surface area contributed by atoms with Crippen LogP contribution in [-0.2, 0) is 16.8 Å². The van der Waals surface area contributed by atoms with Gasteiger partial charge in [0.2, 0.25) is 5.91 Å². The normalized spacial score (nSPS) is 16.6. The Kier molecular flexibility index (Phi) is 5.47. The quantitative estimate of drug-likeness (QED) is 0.697. The van der Waals surface area contributed by atoms with Crippen LogP contribution in [0.2, 0.25) is 0 Å². The minimum Gasteiger partial charge on any atom is -0.351 e. The van der Waals surface area contributed by atoms with E-state index in [0.29, 0.717) is 11.9 Å². The lowest BCUT2D eigenvalue weighted by atomic mass is 9.78. The van der Waals surface area contributed by atoms with Crippen LogP contribution >= 0.6 is 0 Å². The zero-order valence-corrected chi connectivity index (χ0v) is 16.8. The Bertz CT molecular complexity index is 1050. The van der Waals surface area contributed by atoms with E-state index in [1.165, 1.54) is 4.68 Å². The van der Waals surface area contributed by atoms with Gasteiger partial charge in [0.15, 0.2) is 0 Å². The van der Waals surface area contributed by atoms with Crippen LogP contribution < -0.4 is 10.9 Å². The zero-order chi connectivity index (χ0) is 20.3. The van der Waals surface area contributed by atoms with E-state index in [0.717, 1.165) is 43.1 Å². The summed E-state index contributed by atoms with van der Waals surface area (Å²) in [7, 11) is 0. The van der Waals surface area contributed by atoms with Gasteiger partial charge in [0, 0.05) is 11.4 Å². The van der Waals surface area contributed by atoms with Crippen LogP contribution in [0, 0.1) is 0 Å². The molecule has 1 amide bonds. The molecule has 1 aliphatic rings. The number of benzene rings is 2. The van der Waals surface area contributed by atoms with Crippen molar-refractivity contribution in [3.63, 3.8) is 0 Å². The van der Waals surface area contributed by atoms with E-state index in [4.69, 9.17) is 0 Å². The fourth-order valence-electron chi connectivity index (χ4n) is 4.45. The molecule has 5 heteroatoms. The van der Waals surface area contributed by atoms with Gasteiger partial charge in [-0.3, -0.25) is 9.59 Å². The van der Waals surface area contributed by atoms with Crippen LogP contribution in [0.25, 0.3) is 10.8 Å². The van der Waals surface area contributed by atoms with Crippen LogP contribution in [-0.4, -0.2) is 21.7 Å². The lowest BCUT2D eigenvalue weighted by molar-refractivity contribution is -0.127. The molecule has 150 valence electrons. The number of carbonyl (C=O) groups is 1. The maximum absolute atomic E-state index is 13.4. The highest BCUT2D eigenvalue weighted by molar-refractivity contribution is 5.88. The Morgan fingerprint density at radius 1 is 1.10 bits per heavy atom. The van der Waals surface area contributed by atoms with Crippen LogP contribution in [0.15, 0.2) is 65.6 Å². The second-order valence-corrected chi connectivity index (χ2v) is 7.95. The summed E-state index contributed by atoms with van der Waals surface area (Å²) in [4.78, 5) is 26.2. The van der Waals surface area contributed by atoms with Crippen LogP contribution in [0.1, 0.15) is 44.6 Å². The molecule has 0 saturated heterocycles. The Morgan fingerprint density at radius 3 is 2.52 bits per heavy atom. The van der Waals surface area contributed by atoms with E-state index >= 15 is 0 Å². The molecule has 0 radical (unpaired) electrons. The number of nitrogens with one attached hydrogen (secondary N) is 1. The van der Waals surface area contributed by atoms with Crippen molar-refractivity contribution in [3.05, 3.63) is 76.7 Å². The predicted molar refractivity (Wildman–Crippen MR) is 115 cm³/mol. The molecule has 29 heavy (non-hydrogen) atoms. The first-order valence-corrected chi connectivity index (χ1v) is 10.5. The van der Waals surface area contributed by atoms with Gasteiger partial charge in [0.25, 0.3) is 5.56 Å². The smallest absolute Gasteiger partial charge is 0.274 e. The second-order valence-electron chi connectivity index (χ2n) is 7.95. The third-order valence-corrected chi connectivity index (χ3v) is 6.20. The topological polar surface area (TPSA) is 64.0 Å². The van der Waals surface area contributed by atoms with Crippen molar-refractivity contribution >= 4 is 16.7 Å². The highest BCUT2D eigenvalue weighted by atomic mass is 16.2. The molecule has 0 unspecified atom stereocenters. The molecular formula is C24H27N3O2. The summed E-state index contributed by atoms with van der Waals surface area (Å²) >= 11 is 0. The molecule has 2 aromatic carbocycles. The van der Waals surface area contributed by atoms with Crippen molar-refractivity contribution in [2.45, 2.75) is 57.0 Å². The highest BCUT2D eigenvalue weighted by Gasteiger charge is 2.43. The highest BCUT2D eigenvalue weighted by Crippen LogP contribution is 2.41. The van der Waals surface area contributed by atoms with Gasteiger partial charge in [-0.05, 0) is 30.9 Å². The largest absolute Gasteiger partial charge is 0.351 e. The van der Waals surface area contributed by atoms with E-state index in [9.17, 15) is 9.59 Å². The SMILES string of the molecule is CC[C@@H](Cn1ncc2ccccc2c1=O)NC(=O)C1(c2ccccc2)CCCC1. The summed E-state index contributed by atoms with van der Waals surface area (Å²) in [5, 5.41) is 9.05. The molecule has 1 heterocycles. The van der Waals surface area contributed by atoms with E-state index in [1.54, 1.807) is 6.20 Å². The van der Waals surface area contributed by atoms with E-state index in [-0.39, 0.29) is 17.5 Å². The third-order valence-electron chi connectivity index (χ3n) is 6.20. The number of aromatic nitrogens is 2. The van der Waals surface area contributed by atoms with E-state index in [2.05, 4.69) is 22.5 Å². The Morgan fingerprint density at radius 2 is 1.79 bits per heavy atom. The second kappa shape index (κ2) is 8.19. The zero-order valence-electron chi connectivity index (χ0n) is 16.8. The van der Waals surface area contributed by atoms with Gasteiger partial charge >= 0.3 is 0 Å². The summed E-state index contributed by atoms with van der Waals surface area (Å²) in [6.45, 7) is 2.40. The molecule has 1 aliphatic carbocycles. The molecule has 1 aromatic heterocycles. The number of hydrogen-bond acceptors (Lipinski definition) is 3. The number of amides is 1. The van der Waals surface area contributed by atoms with Crippen molar-refractivity contribution in [1.82, 2.24) is 15.1 Å². The van der Waals surface area contributed by atoms with Crippen molar-refractivity contribution in [2.24, 2.45) is 0 Å². The molecule has 0 spiro atoms. The molecule has 5 nitrogen and oxygen atoms in total. The van der Waals surface area contributed by atoms with Gasteiger partial charge in [-0.1, -0.05) is 68.3 Å². The minimum absolute atomic E-state index is 0.0712. The first kappa shape index (κ1) is 19.4. The molecule has 0 bridgehead atoms. The summed E-state index contributed by atoms with van der Waals surface area (Å²) in [6, 6.07) is 17.4. The van der Waals surface area contributed by atoms with Crippen molar-refractivity contribution in [1.29, 1.82) is 0 Å². The predicted octanol–water partition coefficient (Wildman–Crippen LogP) is 3.80. The Balaban J connectivity index is 1.57. The number of rotatable bonds is 6. The summed E-state index contributed by atoms with van der Waals surface area (Å²) in [5.74, 6) is 0.0712. The fraction of sp³-hybridized carbons (Fsp3) is 0.375. The van der Waals surface area contributed by atoms with Crippen LogP contribution in [0.4, 0.5) is 0 Å². The Hall–Kier alpha value is -2.95. The molecule has 4 rings (SSSR count). The van der Waals surface area contributed by atoms with Gasteiger partial charge in [-0.2, -0.15) is 5.10 Å². The maximum Gasteiger partial charge on any atom is 0.274 e. The van der Waals surface area contributed by atoms with Crippen molar-refractivity contribution in [3.8, 4) is 0 Å². The average molecular weight is 389 g/mol. The Labute approximate surface area is 170 Å². The molecule has 1 atom stereocenters. The molecule has 0 aliphatic heterocycles. The van der Waals surface area contributed by atoms with Gasteiger partial charge in [-0.25, -0.2) is 4.68 Å². The molecular weight excluding hydrogens is 362 g/mol. The van der Waals surface area contributed by atoms with E-state index < -0.39 is 5.41 Å². The number of carbonyl (C=O) groups excluding carboxylic acids is 1. The molecule has 1 N–H and O–H groups in total. The summed E-state index contributed by atoms with van der Waals surface area (Å²) in [5.41, 5.74) is 0.511. The minimum atomic E-state index is -0.462. The van der Waals surface area contributed by atoms with Gasteiger partial charge < -0.3 is 5.32 Å². The molecule has 3 aromatic rings. The average Bonchev–Trinajstić information content (AvgIpc) is 3.27. The van der Waals surface area contributed by atoms with Gasteiger partial charge in [-0.15, -0.1) is 0 Å². The molecule has 1 fully saturated rings. The number of hydrogen-bond donors (Lipinski definition) is 1. The van der Waals surface area contributed by atoms with Crippen LogP contribution in [0.3, 0.4) is 0 Å². The standard InChI is InChI=1S/C24H27N3O2/c1-2-20(17-27-22(28)21-13-7-6-10-18(21)16-25-27)26-23(29)24(14-8-9-15-24)19-11-4-3-5-12-19/h3-7,10-13,16,20H,2,8-9,14-15,17H2,1H3,(H,26,29)/t20-/m0/s1. The third kappa shape index (κ3) is 3.69. The maximum atomic E-state index is 13.4.